The smallest absolute Gasteiger partial charge is 0.240 e. The van der Waals surface area contributed by atoms with Crippen LogP contribution in [0.5, 0.6) is 5.88 Å². The van der Waals surface area contributed by atoms with Gasteiger partial charge in [-0.3, -0.25) is 9.29 Å². The summed E-state index contributed by atoms with van der Waals surface area (Å²) < 4.78 is 42.3. The lowest BCUT2D eigenvalue weighted by Crippen LogP contribution is -2.35. The number of halogens is 1. The molecule has 4 rings (SSSR count). The number of rotatable bonds is 10. The summed E-state index contributed by atoms with van der Waals surface area (Å²) in [6.45, 7) is 5.16. The van der Waals surface area contributed by atoms with E-state index in [2.05, 4.69) is 29.9 Å². The molecular weight excluding hydrogens is 482 g/mol. The van der Waals surface area contributed by atoms with Crippen molar-refractivity contribution in [3.05, 3.63) is 41.4 Å². The summed E-state index contributed by atoms with van der Waals surface area (Å²) in [7, 11) is -2.46. The van der Waals surface area contributed by atoms with Crippen molar-refractivity contribution < 1.29 is 17.9 Å². The SMILES string of the molecule is COc1cccc(-c2nnc(NS(=O)(=O)C(C)C(OC(C)C)c3ncc(Cl)cn3)n2C2CC2)n1. The summed E-state index contributed by atoms with van der Waals surface area (Å²) in [6, 6.07) is 5.36. The lowest BCUT2D eigenvalue weighted by molar-refractivity contribution is 0.00154. The number of aromatic nitrogens is 6. The summed E-state index contributed by atoms with van der Waals surface area (Å²) in [5, 5.41) is 7.66. The molecule has 34 heavy (non-hydrogen) atoms. The van der Waals surface area contributed by atoms with Crippen LogP contribution in [0.1, 0.15) is 51.6 Å². The van der Waals surface area contributed by atoms with Crippen LogP contribution in [0.15, 0.2) is 30.6 Å². The zero-order valence-electron chi connectivity index (χ0n) is 19.2. The van der Waals surface area contributed by atoms with E-state index < -0.39 is 21.4 Å². The Kier molecular flexibility index (Phi) is 7.01. The van der Waals surface area contributed by atoms with Crippen LogP contribution in [0.25, 0.3) is 11.5 Å². The monoisotopic (exact) mass is 507 g/mol. The van der Waals surface area contributed by atoms with Crippen LogP contribution in [-0.2, 0) is 14.8 Å². The van der Waals surface area contributed by atoms with Crippen molar-refractivity contribution in [2.45, 2.75) is 57.1 Å². The van der Waals surface area contributed by atoms with E-state index in [1.807, 2.05) is 13.8 Å². The third-order valence-electron chi connectivity index (χ3n) is 5.23. The molecule has 1 aliphatic rings. The Morgan fingerprint density at radius 2 is 1.85 bits per heavy atom. The molecule has 0 aliphatic heterocycles. The quantitative estimate of drug-likeness (QED) is 0.437. The minimum Gasteiger partial charge on any atom is -0.481 e. The predicted octanol–water partition coefficient (Wildman–Crippen LogP) is 3.42. The number of nitrogens with one attached hydrogen (secondary N) is 1. The number of hydrogen-bond donors (Lipinski definition) is 1. The molecule has 1 fully saturated rings. The van der Waals surface area contributed by atoms with Gasteiger partial charge in [-0.15, -0.1) is 10.2 Å². The van der Waals surface area contributed by atoms with E-state index in [9.17, 15) is 8.42 Å². The second-order valence-corrected chi connectivity index (χ2v) is 10.7. The maximum absolute atomic E-state index is 13.4. The van der Waals surface area contributed by atoms with Gasteiger partial charge >= 0.3 is 0 Å². The molecule has 3 aromatic rings. The highest BCUT2D eigenvalue weighted by Gasteiger charge is 2.37. The van der Waals surface area contributed by atoms with E-state index in [1.54, 1.807) is 22.8 Å². The molecule has 11 nitrogen and oxygen atoms in total. The summed E-state index contributed by atoms with van der Waals surface area (Å²) in [6.07, 6.45) is 3.40. The van der Waals surface area contributed by atoms with Crippen LogP contribution < -0.4 is 9.46 Å². The maximum atomic E-state index is 13.4. The minimum atomic E-state index is -3.98. The fourth-order valence-corrected chi connectivity index (χ4v) is 4.58. The molecule has 0 aromatic carbocycles. The Morgan fingerprint density at radius 1 is 1.15 bits per heavy atom. The first-order chi connectivity index (χ1) is 16.2. The summed E-state index contributed by atoms with van der Waals surface area (Å²) in [5.41, 5.74) is 0.535. The highest BCUT2D eigenvalue weighted by atomic mass is 35.5. The van der Waals surface area contributed by atoms with Crippen LogP contribution >= 0.6 is 11.6 Å². The van der Waals surface area contributed by atoms with Gasteiger partial charge in [-0.25, -0.2) is 23.4 Å². The first-order valence-electron chi connectivity index (χ1n) is 10.8. The largest absolute Gasteiger partial charge is 0.481 e. The third-order valence-corrected chi connectivity index (χ3v) is 7.12. The fourth-order valence-electron chi connectivity index (χ4n) is 3.39. The van der Waals surface area contributed by atoms with Crippen molar-refractivity contribution in [1.82, 2.24) is 29.7 Å². The van der Waals surface area contributed by atoms with Crippen molar-refractivity contribution in [3.8, 4) is 17.4 Å². The second kappa shape index (κ2) is 9.80. The number of pyridine rings is 1. The molecule has 13 heteroatoms. The van der Waals surface area contributed by atoms with Crippen LogP contribution in [0.2, 0.25) is 5.02 Å². The first-order valence-corrected chi connectivity index (χ1v) is 12.7. The van der Waals surface area contributed by atoms with E-state index in [1.165, 1.54) is 26.4 Å². The number of methoxy groups -OCH3 is 1. The van der Waals surface area contributed by atoms with Crippen molar-refractivity contribution in [2.24, 2.45) is 0 Å². The number of ether oxygens (including phenoxy) is 2. The van der Waals surface area contributed by atoms with Crippen molar-refractivity contribution in [1.29, 1.82) is 0 Å². The summed E-state index contributed by atoms with van der Waals surface area (Å²) in [4.78, 5) is 12.8. The van der Waals surface area contributed by atoms with E-state index in [4.69, 9.17) is 21.1 Å². The highest BCUT2D eigenvalue weighted by molar-refractivity contribution is 7.93. The average Bonchev–Trinajstić information content (AvgIpc) is 3.57. The molecule has 1 saturated carbocycles. The van der Waals surface area contributed by atoms with Gasteiger partial charge in [0.05, 0.1) is 18.2 Å². The highest BCUT2D eigenvalue weighted by Crippen LogP contribution is 2.40. The number of hydrogen-bond acceptors (Lipinski definition) is 9. The van der Waals surface area contributed by atoms with Gasteiger partial charge in [0, 0.05) is 24.5 Å². The summed E-state index contributed by atoms with van der Waals surface area (Å²) in [5.74, 6) is 1.23. The first kappa shape index (κ1) is 24.3. The Labute approximate surface area is 203 Å². The molecule has 1 aliphatic carbocycles. The fraction of sp³-hybridized carbons (Fsp3) is 0.476. The zero-order valence-corrected chi connectivity index (χ0v) is 20.8. The van der Waals surface area contributed by atoms with Crippen LogP contribution in [0.3, 0.4) is 0 Å². The Hall–Kier alpha value is -2.83. The molecule has 3 heterocycles. The zero-order chi connectivity index (χ0) is 24.5. The Balaban J connectivity index is 1.65. The normalized spacial score (nSPS) is 15.8. The second-order valence-electron chi connectivity index (χ2n) is 8.23. The van der Waals surface area contributed by atoms with E-state index >= 15 is 0 Å². The molecule has 1 N–H and O–H groups in total. The van der Waals surface area contributed by atoms with Gasteiger partial charge in [-0.05, 0) is 39.7 Å². The predicted molar refractivity (Wildman–Crippen MR) is 126 cm³/mol. The Morgan fingerprint density at radius 3 is 2.47 bits per heavy atom. The molecule has 0 spiro atoms. The van der Waals surface area contributed by atoms with E-state index in [0.717, 1.165) is 12.8 Å². The molecule has 3 aromatic heterocycles. The van der Waals surface area contributed by atoms with Gasteiger partial charge in [0.2, 0.25) is 21.9 Å². The molecule has 2 unspecified atom stereocenters. The molecule has 182 valence electrons. The van der Waals surface area contributed by atoms with Crippen LogP contribution in [0.4, 0.5) is 5.95 Å². The molecule has 0 bridgehead atoms. The molecule has 0 amide bonds. The number of anilines is 1. The van der Waals surface area contributed by atoms with Gasteiger partial charge in [-0.1, -0.05) is 17.7 Å². The lowest BCUT2D eigenvalue weighted by atomic mass is 10.2. The van der Waals surface area contributed by atoms with Crippen LogP contribution in [-0.4, -0.2) is 56.6 Å². The topological polar surface area (TPSA) is 134 Å². The molecule has 0 radical (unpaired) electrons. The molecular formula is C21H26ClN7O4S. The molecule has 0 saturated heterocycles. The molecule has 2 atom stereocenters. The summed E-state index contributed by atoms with van der Waals surface area (Å²) >= 11 is 5.90. The van der Waals surface area contributed by atoms with Crippen molar-refractivity contribution >= 4 is 27.6 Å². The average molecular weight is 508 g/mol. The number of nitrogens with zero attached hydrogens (tertiary/aromatic N) is 6. The standard InChI is InChI=1S/C21H26ClN7O4S/c1-12(2)33-18(19-23-10-14(22)11-24-19)13(3)34(30,31)28-21-27-26-20(29(21)15-8-9-15)16-6-5-7-17(25-16)32-4/h5-7,10-13,15,18H,8-9H2,1-4H3,(H,27,28). The number of sulfonamides is 1. The van der Waals surface area contributed by atoms with Crippen molar-refractivity contribution in [2.75, 3.05) is 11.8 Å². The van der Waals surface area contributed by atoms with Gasteiger partial charge in [0.1, 0.15) is 17.0 Å². The Bertz CT molecular complexity index is 1250. The van der Waals surface area contributed by atoms with Gasteiger partial charge in [0.25, 0.3) is 0 Å². The van der Waals surface area contributed by atoms with Crippen LogP contribution in [0, 0.1) is 0 Å². The van der Waals surface area contributed by atoms with Crippen molar-refractivity contribution in [3.63, 3.8) is 0 Å². The van der Waals surface area contributed by atoms with Gasteiger partial charge in [-0.2, -0.15) is 0 Å². The van der Waals surface area contributed by atoms with E-state index in [0.29, 0.717) is 22.4 Å². The minimum absolute atomic E-state index is 0.0771. The van der Waals surface area contributed by atoms with E-state index in [-0.39, 0.29) is 23.9 Å². The third kappa shape index (κ3) is 5.29. The van der Waals surface area contributed by atoms with Gasteiger partial charge in [0.15, 0.2) is 11.6 Å². The maximum Gasteiger partial charge on any atom is 0.240 e. The lowest BCUT2D eigenvalue weighted by Gasteiger charge is -2.25. The van der Waals surface area contributed by atoms with Gasteiger partial charge < -0.3 is 9.47 Å².